The Morgan fingerprint density at radius 2 is 1.95 bits per heavy atom. The Labute approximate surface area is 252 Å². The van der Waals surface area contributed by atoms with Gasteiger partial charge in [-0.3, -0.25) is 9.69 Å². The van der Waals surface area contributed by atoms with Gasteiger partial charge >= 0.3 is 0 Å². The van der Waals surface area contributed by atoms with E-state index in [1.807, 2.05) is 7.11 Å². The Hall–Kier alpha value is -2.29. The quantitative estimate of drug-likeness (QED) is 0.161. The highest BCUT2D eigenvalue weighted by molar-refractivity contribution is 8.13. The fourth-order valence-electron chi connectivity index (χ4n) is 6.97. The zero-order valence-corrected chi connectivity index (χ0v) is 26.5. The molecule has 1 amide bonds. The van der Waals surface area contributed by atoms with Gasteiger partial charge in [0.2, 0.25) is 0 Å². The summed E-state index contributed by atoms with van der Waals surface area (Å²) >= 11 is 1.77. The number of amides is 1. The van der Waals surface area contributed by atoms with Crippen LogP contribution < -0.4 is 0 Å². The number of benzene rings is 1. The van der Waals surface area contributed by atoms with Crippen molar-refractivity contribution in [2.45, 2.75) is 109 Å². The highest BCUT2D eigenvalue weighted by Crippen LogP contribution is 2.62. The highest BCUT2D eigenvalue weighted by Gasteiger charge is 2.66. The van der Waals surface area contributed by atoms with E-state index in [-0.39, 0.29) is 17.4 Å². The number of hydrogen-bond donors (Lipinski definition) is 0. The number of carbonyl (C=O) groups excluding carboxylic acids is 1. The minimum Gasteiger partial charge on any atom is -0.381 e. The number of allylic oxidation sites excluding steroid dienone is 3. The summed E-state index contributed by atoms with van der Waals surface area (Å²) in [5.74, 6) is 8.56. The molecule has 0 N–H and O–H groups in total. The van der Waals surface area contributed by atoms with Crippen molar-refractivity contribution in [3.63, 3.8) is 0 Å². The standard InChI is InChI=1S/C36H48N2O2S/c1-6-27(4)11-7-8-22-38-33(39)36(37-34(38)41-23-9-10-26(2)3)32-24-29(15-14-28-12-13-28)16-17-30(32)25-35(36)20-18-31(40-5)19-21-35/h6,16-17,24,28,31H,2,7-13,18-23,25H2,1,3-5H3. The molecule has 0 saturated heterocycles. The van der Waals surface area contributed by atoms with Crippen LogP contribution in [0.5, 0.6) is 0 Å². The van der Waals surface area contributed by atoms with E-state index in [0.29, 0.717) is 5.92 Å². The molecule has 2 spiro atoms. The van der Waals surface area contributed by atoms with Crippen LogP contribution in [0.4, 0.5) is 0 Å². The molecule has 1 aromatic rings. The molecule has 3 aliphatic carbocycles. The van der Waals surface area contributed by atoms with E-state index in [2.05, 4.69) is 68.4 Å². The molecule has 41 heavy (non-hydrogen) atoms. The molecule has 5 rings (SSSR count). The summed E-state index contributed by atoms with van der Waals surface area (Å²) in [6, 6.07) is 6.64. The number of methoxy groups -OCH3 is 1. The number of ether oxygens (including phenoxy) is 1. The second-order valence-corrected chi connectivity index (χ2v) is 13.9. The zero-order valence-electron chi connectivity index (χ0n) is 25.7. The van der Waals surface area contributed by atoms with Gasteiger partial charge in [0.15, 0.2) is 10.7 Å². The number of rotatable bonds is 10. The second kappa shape index (κ2) is 12.9. The number of unbranched alkanes of at least 4 members (excludes halogenated alkanes) is 1. The van der Waals surface area contributed by atoms with Crippen molar-refractivity contribution in [2.24, 2.45) is 16.3 Å². The van der Waals surface area contributed by atoms with Crippen LogP contribution in [0.1, 0.15) is 108 Å². The lowest BCUT2D eigenvalue weighted by molar-refractivity contribution is -0.138. The summed E-state index contributed by atoms with van der Waals surface area (Å²) in [4.78, 5) is 22.6. The second-order valence-electron chi connectivity index (χ2n) is 12.9. The van der Waals surface area contributed by atoms with Crippen LogP contribution in [0.25, 0.3) is 0 Å². The first-order chi connectivity index (χ1) is 19.8. The van der Waals surface area contributed by atoms with E-state index in [0.717, 1.165) is 92.8 Å². The average molecular weight is 573 g/mol. The first-order valence-corrected chi connectivity index (χ1v) is 16.8. The van der Waals surface area contributed by atoms with Gasteiger partial charge in [0.1, 0.15) is 0 Å². The molecule has 4 aliphatic rings. The van der Waals surface area contributed by atoms with Crippen LogP contribution >= 0.6 is 11.8 Å². The number of nitrogens with zero attached hydrogens (tertiary/aromatic N) is 2. The monoisotopic (exact) mass is 572 g/mol. The Bertz CT molecular complexity index is 1270. The van der Waals surface area contributed by atoms with Gasteiger partial charge in [-0.1, -0.05) is 46.9 Å². The molecular formula is C36H48N2O2S. The molecule has 2 saturated carbocycles. The SMILES string of the molecule is C=C(C)CCCSC1=NC2(C(=O)N1CCCCC(C)=CC)c1cc(C#CC3CC3)ccc1CC21CCC(OC)CC1. The molecule has 2 fully saturated rings. The summed E-state index contributed by atoms with van der Waals surface area (Å²) in [6.45, 7) is 11.2. The molecule has 1 atom stereocenters. The van der Waals surface area contributed by atoms with Crippen molar-refractivity contribution in [3.8, 4) is 11.8 Å². The maximum Gasteiger partial charge on any atom is 0.261 e. The van der Waals surface area contributed by atoms with Crippen LogP contribution in [0.15, 0.2) is 47.0 Å². The van der Waals surface area contributed by atoms with Gasteiger partial charge in [0.25, 0.3) is 5.91 Å². The molecule has 1 heterocycles. The molecular weight excluding hydrogens is 524 g/mol. The van der Waals surface area contributed by atoms with E-state index >= 15 is 0 Å². The molecule has 1 aromatic carbocycles. The Kier molecular flexibility index (Phi) is 9.51. The van der Waals surface area contributed by atoms with Gasteiger partial charge in [0.05, 0.1) is 6.10 Å². The third kappa shape index (κ3) is 6.25. The molecule has 5 heteroatoms. The van der Waals surface area contributed by atoms with Crippen LogP contribution in [0, 0.1) is 23.2 Å². The van der Waals surface area contributed by atoms with E-state index in [1.54, 1.807) is 11.8 Å². The van der Waals surface area contributed by atoms with Gasteiger partial charge in [0, 0.05) is 36.3 Å². The minimum absolute atomic E-state index is 0.199. The predicted molar refractivity (Wildman–Crippen MR) is 172 cm³/mol. The van der Waals surface area contributed by atoms with E-state index in [4.69, 9.17) is 9.73 Å². The number of aliphatic imine (C=N–C) groups is 1. The topological polar surface area (TPSA) is 41.9 Å². The fraction of sp³-hybridized carbons (Fsp3) is 0.611. The summed E-state index contributed by atoms with van der Waals surface area (Å²) in [5.41, 5.74) is 4.99. The number of fused-ring (bicyclic) bond motifs is 3. The van der Waals surface area contributed by atoms with Crippen molar-refractivity contribution >= 4 is 22.8 Å². The molecule has 0 radical (unpaired) electrons. The lowest BCUT2D eigenvalue weighted by atomic mass is 9.61. The Morgan fingerprint density at radius 1 is 1.17 bits per heavy atom. The van der Waals surface area contributed by atoms with E-state index in [1.165, 1.54) is 29.6 Å². The minimum atomic E-state index is -0.853. The fourth-order valence-corrected chi connectivity index (χ4v) is 7.97. The van der Waals surface area contributed by atoms with E-state index < -0.39 is 5.54 Å². The van der Waals surface area contributed by atoms with Crippen molar-refractivity contribution in [1.29, 1.82) is 0 Å². The maximum absolute atomic E-state index is 14.9. The van der Waals surface area contributed by atoms with Gasteiger partial charge in [-0.25, -0.2) is 4.99 Å². The third-order valence-electron chi connectivity index (χ3n) is 9.74. The number of carbonyl (C=O) groups is 1. The van der Waals surface area contributed by atoms with Crippen molar-refractivity contribution < 1.29 is 9.53 Å². The van der Waals surface area contributed by atoms with Crippen LogP contribution in [0.2, 0.25) is 0 Å². The van der Waals surface area contributed by atoms with Gasteiger partial charge in [-0.05, 0) is 121 Å². The number of thioether (sulfide) groups is 1. The van der Waals surface area contributed by atoms with Crippen molar-refractivity contribution in [1.82, 2.24) is 4.90 Å². The number of hydrogen-bond acceptors (Lipinski definition) is 4. The summed E-state index contributed by atoms with van der Waals surface area (Å²) in [6.07, 6.45) is 14.9. The molecule has 0 bridgehead atoms. The van der Waals surface area contributed by atoms with E-state index in [9.17, 15) is 4.79 Å². The summed E-state index contributed by atoms with van der Waals surface area (Å²) < 4.78 is 5.78. The molecule has 220 valence electrons. The first-order valence-electron chi connectivity index (χ1n) is 15.8. The van der Waals surface area contributed by atoms with Crippen LogP contribution in [-0.2, 0) is 21.5 Å². The van der Waals surface area contributed by atoms with Crippen LogP contribution in [-0.4, -0.2) is 41.5 Å². The first kappa shape index (κ1) is 30.2. The summed E-state index contributed by atoms with van der Waals surface area (Å²) in [5, 5.41) is 0.926. The molecule has 1 unspecified atom stereocenters. The number of amidine groups is 1. The van der Waals surface area contributed by atoms with Crippen molar-refractivity contribution in [3.05, 3.63) is 58.7 Å². The highest BCUT2D eigenvalue weighted by atomic mass is 32.2. The predicted octanol–water partition coefficient (Wildman–Crippen LogP) is 8.20. The van der Waals surface area contributed by atoms with Crippen molar-refractivity contribution in [2.75, 3.05) is 19.4 Å². The Balaban J connectivity index is 1.51. The summed E-state index contributed by atoms with van der Waals surface area (Å²) in [7, 11) is 1.82. The van der Waals surface area contributed by atoms with Gasteiger partial charge in [-0.15, -0.1) is 6.58 Å². The normalized spacial score (nSPS) is 27.3. The third-order valence-corrected chi connectivity index (χ3v) is 10.8. The lowest BCUT2D eigenvalue weighted by Gasteiger charge is -2.45. The molecule has 0 aromatic heterocycles. The zero-order chi connectivity index (χ0) is 29.0. The Morgan fingerprint density at radius 3 is 2.63 bits per heavy atom. The maximum atomic E-state index is 14.9. The molecule has 1 aliphatic heterocycles. The largest absolute Gasteiger partial charge is 0.381 e. The van der Waals surface area contributed by atoms with Crippen LogP contribution in [0.3, 0.4) is 0 Å². The average Bonchev–Trinajstić information content (AvgIpc) is 3.71. The van der Waals surface area contributed by atoms with Gasteiger partial charge < -0.3 is 4.74 Å². The lowest BCUT2D eigenvalue weighted by Crippen LogP contribution is -2.51. The molecule has 4 nitrogen and oxygen atoms in total. The van der Waals surface area contributed by atoms with Gasteiger partial charge in [-0.2, -0.15) is 0 Å². The smallest absolute Gasteiger partial charge is 0.261 e.